The zero-order chi connectivity index (χ0) is 16.5. The first kappa shape index (κ1) is 17.3. The molecule has 2 aromatic rings. The first-order valence-electron chi connectivity index (χ1n) is 8.66. The minimum absolute atomic E-state index is 0.542. The summed E-state index contributed by atoms with van der Waals surface area (Å²) in [7, 11) is 0. The molecule has 3 nitrogen and oxygen atoms in total. The molecule has 0 saturated carbocycles. The molecule has 0 spiro atoms. The molecule has 1 heterocycles. The van der Waals surface area contributed by atoms with Gasteiger partial charge in [0, 0.05) is 6.20 Å². The average Bonchev–Trinajstić information content (AvgIpc) is 2.55. The molecule has 0 unspecified atom stereocenters. The molecule has 0 amide bonds. The number of nitrogen functional groups attached to an aromatic ring is 1. The highest BCUT2D eigenvalue weighted by molar-refractivity contribution is 5.70. The quantitative estimate of drug-likeness (QED) is 0.632. The first-order valence-corrected chi connectivity index (χ1v) is 8.66. The Bertz CT molecular complexity index is 610. The maximum absolute atomic E-state index is 5.91. The summed E-state index contributed by atoms with van der Waals surface area (Å²) in [5, 5.41) is 0. The lowest BCUT2D eigenvalue weighted by molar-refractivity contribution is 0.304. The van der Waals surface area contributed by atoms with Crippen molar-refractivity contribution in [2.45, 2.75) is 52.4 Å². The Morgan fingerprint density at radius 2 is 1.78 bits per heavy atom. The summed E-state index contributed by atoms with van der Waals surface area (Å²) in [6.07, 6.45) is 9.41. The predicted molar refractivity (Wildman–Crippen MR) is 97.7 cm³/mol. The van der Waals surface area contributed by atoms with E-state index >= 15 is 0 Å². The number of hydrogen-bond donors (Lipinski definition) is 1. The Balaban J connectivity index is 1.90. The summed E-state index contributed by atoms with van der Waals surface area (Å²) in [5.41, 5.74) is 9.24. The van der Waals surface area contributed by atoms with Crippen LogP contribution >= 0.6 is 0 Å². The Hall–Kier alpha value is -2.03. The summed E-state index contributed by atoms with van der Waals surface area (Å²) < 4.78 is 5.91. The van der Waals surface area contributed by atoms with E-state index in [1.54, 1.807) is 6.20 Å². The molecule has 0 aliphatic rings. The zero-order valence-electron chi connectivity index (χ0n) is 14.3. The summed E-state index contributed by atoms with van der Waals surface area (Å²) in [4.78, 5) is 4.06. The number of anilines is 1. The number of hydrogen-bond acceptors (Lipinski definition) is 3. The van der Waals surface area contributed by atoms with Gasteiger partial charge in [0.15, 0.2) is 0 Å². The van der Waals surface area contributed by atoms with Gasteiger partial charge in [0.2, 0.25) is 0 Å². The van der Waals surface area contributed by atoms with Gasteiger partial charge < -0.3 is 10.5 Å². The lowest BCUT2D eigenvalue weighted by atomic mass is 10.0. The molecule has 23 heavy (non-hydrogen) atoms. The molecular formula is C20H28N2O. The number of ether oxygens (including phenoxy) is 1. The van der Waals surface area contributed by atoms with Gasteiger partial charge in [0.1, 0.15) is 11.6 Å². The number of rotatable bonds is 9. The van der Waals surface area contributed by atoms with Crippen LogP contribution in [0.3, 0.4) is 0 Å². The highest BCUT2D eigenvalue weighted by Gasteiger charge is 2.05. The lowest BCUT2D eigenvalue weighted by Crippen LogP contribution is -1.98. The number of aromatic nitrogens is 1. The minimum atomic E-state index is 0.542. The minimum Gasteiger partial charge on any atom is -0.494 e. The third-order valence-electron chi connectivity index (χ3n) is 4.07. The number of nitrogens with zero attached hydrogens (tertiary/aromatic N) is 1. The fraction of sp³-hybridized carbons (Fsp3) is 0.450. The zero-order valence-corrected chi connectivity index (χ0v) is 14.3. The van der Waals surface area contributed by atoms with Crippen LogP contribution in [-0.4, -0.2) is 11.6 Å². The number of aryl methyl sites for hydroxylation is 1. The van der Waals surface area contributed by atoms with Gasteiger partial charge >= 0.3 is 0 Å². The van der Waals surface area contributed by atoms with Crippen LogP contribution in [0.2, 0.25) is 0 Å². The van der Waals surface area contributed by atoms with Crippen molar-refractivity contribution in [3.63, 3.8) is 0 Å². The molecule has 0 atom stereocenters. The van der Waals surface area contributed by atoms with Crippen molar-refractivity contribution < 1.29 is 4.74 Å². The van der Waals surface area contributed by atoms with Crippen LogP contribution in [0.5, 0.6) is 5.75 Å². The Kier molecular flexibility index (Phi) is 6.92. The highest BCUT2D eigenvalue weighted by Crippen LogP contribution is 2.28. The first-order chi connectivity index (χ1) is 11.2. The second-order valence-electron chi connectivity index (χ2n) is 6.06. The van der Waals surface area contributed by atoms with Gasteiger partial charge in [-0.05, 0) is 54.3 Å². The molecule has 3 heteroatoms. The second-order valence-corrected chi connectivity index (χ2v) is 6.06. The van der Waals surface area contributed by atoms with E-state index in [0.717, 1.165) is 29.9 Å². The van der Waals surface area contributed by atoms with Gasteiger partial charge in [0.05, 0.1) is 6.61 Å². The fourth-order valence-electron chi connectivity index (χ4n) is 2.69. The Morgan fingerprint density at radius 3 is 2.57 bits per heavy atom. The van der Waals surface area contributed by atoms with Crippen LogP contribution in [0.15, 0.2) is 36.5 Å². The average molecular weight is 312 g/mol. The molecule has 0 aliphatic carbocycles. The maximum Gasteiger partial charge on any atom is 0.123 e. The van der Waals surface area contributed by atoms with Crippen molar-refractivity contribution >= 4 is 5.82 Å². The SMILES string of the molecule is CCCCCCCCOc1ccc(C)c(-c2ccnc(N)c2)c1. The smallest absolute Gasteiger partial charge is 0.123 e. The van der Waals surface area contributed by atoms with Gasteiger partial charge in [-0.25, -0.2) is 4.98 Å². The van der Waals surface area contributed by atoms with Gasteiger partial charge in [-0.1, -0.05) is 45.1 Å². The van der Waals surface area contributed by atoms with E-state index in [0.29, 0.717) is 5.82 Å². The third kappa shape index (κ3) is 5.59. The van der Waals surface area contributed by atoms with E-state index in [-0.39, 0.29) is 0 Å². The van der Waals surface area contributed by atoms with E-state index in [9.17, 15) is 0 Å². The third-order valence-corrected chi connectivity index (χ3v) is 4.07. The highest BCUT2D eigenvalue weighted by atomic mass is 16.5. The van der Waals surface area contributed by atoms with E-state index in [2.05, 4.69) is 31.0 Å². The Labute approximate surface area is 139 Å². The summed E-state index contributed by atoms with van der Waals surface area (Å²) in [6, 6.07) is 10.1. The van der Waals surface area contributed by atoms with Crippen LogP contribution in [0.1, 0.15) is 51.0 Å². The molecule has 2 N–H and O–H groups in total. The normalized spacial score (nSPS) is 10.7. The van der Waals surface area contributed by atoms with E-state index in [4.69, 9.17) is 10.5 Å². The second kappa shape index (κ2) is 9.19. The van der Waals surface area contributed by atoms with Crippen molar-refractivity contribution in [1.82, 2.24) is 4.98 Å². The fourth-order valence-corrected chi connectivity index (χ4v) is 2.69. The molecule has 2 rings (SSSR count). The molecule has 0 fully saturated rings. The van der Waals surface area contributed by atoms with Crippen molar-refractivity contribution in [2.24, 2.45) is 0 Å². The molecule has 0 bridgehead atoms. The van der Waals surface area contributed by atoms with E-state index in [1.807, 2.05) is 18.2 Å². The summed E-state index contributed by atoms with van der Waals surface area (Å²) in [5.74, 6) is 1.47. The molecule has 0 radical (unpaired) electrons. The van der Waals surface area contributed by atoms with Crippen LogP contribution in [0.25, 0.3) is 11.1 Å². The van der Waals surface area contributed by atoms with E-state index in [1.165, 1.54) is 37.7 Å². The van der Waals surface area contributed by atoms with Crippen molar-refractivity contribution in [3.05, 3.63) is 42.1 Å². The number of unbranched alkanes of at least 4 members (excludes halogenated alkanes) is 5. The van der Waals surface area contributed by atoms with Gasteiger partial charge in [-0.15, -0.1) is 0 Å². The standard InChI is InChI=1S/C20H28N2O/c1-3-4-5-6-7-8-13-23-18-10-9-16(2)19(15-18)17-11-12-22-20(21)14-17/h9-12,14-15H,3-8,13H2,1-2H3,(H2,21,22). The van der Waals surface area contributed by atoms with Crippen LogP contribution in [-0.2, 0) is 0 Å². The molecular weight excluding hydrogens is 284 g/mol. The molecule has 1 aromatic carbocycles. The van der Waals surface area contributed by atoms with Gasteiger partial charge in [0.25, 0.3) is 0 Å². The molecule has 124 valence electrons. The van der Waals surface area contributed by atoms with Crippen molar-refractivity contribution in [3.8, 4) is 16.9 Å². The van der Waals surface area contributed by atoms with Crippen molar-refractivity contribution in [1.29, 1.82) is 0 Å². The number of benzene rings is 1. The molecule has 1 aromatic heterocycles. The number of nitrogens with two attached hydrogens (primary N) is 1. The van der Waals surface area contributed by atoms with Gasteiger partial charge in [-0.3, -0.25) is 0 Å². The Morgan fingerprint density at radius 1 is 1.00 bits per heavy atom. The van der Waals surface area contributed by atoms with Crippen LogP contribution < -0.4 is 10.5 Å². The van der Waals surface area contributed by atoms with Crippen LogP contribution in [0, 0.1) is 6.92 Å². The van der Waals surface area contributed by atoms with Gasteiger partial charge in [-0.2, -0.15) is 0 Å². The summed E-state index contributed by atoms with van der Waals surface area (Å²) in [6.45, 7) is 5.13. The summed E-state index contributed by atoms with van der Waals surface area (Å²) >= 11 is 0. The largest absolute Gasteiger partial charge is 0.494 e. The van der Waals surface area contributed by atoms with Crippen LogP contribution in [0.4, 0.5) is 5.82 Å². The lowest BCUT2D eigenvalue weighted by Gasteiger charge is -2.11. The number of pyridine rings is 1. The monoisotopic (exact) mass is 312 g/mol. The molecule has 0 saturated heterocycles. The molecule has 0 aliphatic heterocycles. The maximum atomic E-state index is 5.91. The van der Waals surface area contributed by atoms with Crippen molar-refractivity contribution in [2.75, 3.05) is 12.3 Å². The predicted octanol–water partition coefficient (Wildman–Crippen LogP) is 5.38. The topological polar surface area (TPSA) is 48.1 Å². The van der Waals surface area contributed by atoms with E-state index < -0.39 is 0 Å².